The minimum Gasteiger partial charge on any atom is -0.466 e. The third-order valence-electron chi connectivity index (χ3n) is 4.28. The largest absolute Gasteiger partial charge is 0.466 e. The first-order valence-electron chi connectivity index (χ1n) is 7.62. The molecule has 0 radical (unpaired) electrons. The van der Waals surface area contributed by atoms with Crippen molar-refractivity contribution in [2.45, 2.75) is 5.92 Å². The van der Waals surface area contributed by atoms with Gasteiger partial charge in [-0.25, -0.2) is 4.79 Å². The molecule has 0 saturated heterocycles. The van der Waals surface area contributed by atoms with E-state index < -0.39 is 5.97 Å². The van der Waals surface area contributed by atoms with Crippen LogP contribution in [0.5, 0.6) is 0 Å². The van der Waals surface area contributed by atoms with E-state index in [1.165, 1.54) is 13.2 Å². The van der Waals surface area contributed by atoms with Crippen LogP contribution in [-0.2, 0) is 9.53 Å². The third kappa shape index (κ3) is 3.24. The number of ether oxygens (including phenoxy) is 1. The van der Waals surface area contributed by atoms with Gasteiger partial charge in [0.05, 0.1) is 7.11 Å². The van der Waals surface area contributed by atoms with E-state index in [1.54, 1.807) is 6.08 Å². The number of Topliss-reactive ketones (excluding diaryl/α,β-unsaturated/α-hetero) is 1. The molecule has 3 rings (SSSR count). The lowest BCUT2D eigenvalue weighted by Crippen LogP contribution is -2.04. The van der Waals surface area contributed by atoms with Gasteiger partial charge < -0.3 is 4.74 Å². The van der Waals surface area contributed by atoms with Crippen molar-refractivity contribution in [3.63, 3.8) is 0 Å². The topological polar surface area (TPSA) is 43.4 Å². The number of allylic oxidation sites excluding steroid dienone is 1. The van der Waals surface area contributed by atoms with Crippen LogP contribution in [0.4, 0.5) is 0 Å². The van der Waals surface area contributed by atoms with Crippen molar-refractivity contribution in [2.24, 2.45) is 11.8 Å². The van der Waals surface area contributed by atoms with Gasteiger partial charge in [0.25, 0.3) is 0 Å². The molecular weight excluding hydrogens is 288 g/mol. The van der Waals surface area contributed by atoms with Crippen LogP contribution in [0.1, 0.15) is 21.8 Å². The Bertz CT molecular complexity index is 719. The van der Waals surface area contributed by atoms with Gasteiger partial charge in [-0.1, -0.05) is 66.7 Å². The van der Waals surface area contributed by atoms with Crippen LogP contribution in [0.2, 0.25) is 0 Å². The molecule has 116 valence electrons. The highest BCUT2D eigenvalue weighted by molar-refractivity contribution is 6.01. The first-order valence-corrected chi connectivity index (χ1v) is 7.62. The van der Waals surface area contributed by atoms with Crippen LogP contribution in [-0.4, -0.2) is 18.9 Å². The number of methoxy groups -OCH3 is 1. The highest BCUT2D eigenvalue weighted by atomic mass is 16.5. The molecule has 3 nitrogen and oxygen atoms in total. The summed E-state index contributed by atoms with van der Waals surface area (Å²) >= 11 is 0. The summed E-state index contributed by atoms with van der Waals surface area (Å²) in [7, 11) is 1.35. The number of esters is 1. The van der Waals surface area contributed by atoms with Crippen molar-refractivity contribution in [3.8, 4) is 0 Å². The maximum Gasteiger partial charge on any atom is 0.330 e. The van der Waals surface area contributed by atoms with Crippen LogP contribution in [0.15, 0.2) is 72.8 Å². The van der Waals surface area contributed by atoms with E-state index in [2.05, 4.69) is 4.74 Å². The zero-order chi connectivity index (χ0) is 16.2. The Morgan fingerprint density at radius 2 is 1.57 bits per heavy atom. The molecule has 0 heterocycles. The van der Waals surface area contributed by atoms with E-state index in [9.17, 15) is 9.59 Å². The Hall–Kier alpha value is -2.68. The molecule has 0 unspecified atom stereocenters. The Labute approximate surface area is 135 Å². The van der Waals surface area contributed by atoms with Crippen LogP contribution in [0.25, 0.3) is 0 Å². The fourth-order valence-electron chi connectivity index (χ4n) is 3.07. The zero-order valence-corrected chi connectivity index (χ0v) is 12.9. The lowest BCUT2D eigenvalue weighted by molar-refractivity contribution is -0.134. The van der Waals surface area contributed by atoms with Gasteiger partial charge in [0, 0.05) is 23.5 Å². The predicted octanol–water partition coefficient (Wildman–Crippen LogP) is 3.63. The van der Waals surface area contributed by atoms with Gasteiger partial charge in [-0.3, -0.25) is 4.79 Å². The SMILES string of the molecule is COC(=O)/C=C/[C@H]1[C@H](C(=O)c2ccccc2)[C@H]1c1ccccc1. The average molecular weight is 306 g/mol. The van der Waals surface area contributed by atoms with E-state index in [1.807, 2.05) is 60.7 Å². The molecule has 0 amide bonds. The fraction of sp³-hybridized carbons (Fsp3) is 0.200. The van der Waals surface area contributed by atoms with Crippen molar-refractivity contribution in [1.82, 2.24) is 0 Å². The quantitative estimate of drug-likeness (QED) is 0.481. The number of rotatable bonds is 5. The Morgan fingerprint density at radius 1 is 0.957 bits per heavy atom. The van der Waals surface area contributed by atoms with Crippen LogP contribution in [0, 0.1) is 11.8 Å². The molecule has 1 saturated carbocycles. The molecule has 1 fully saturated rings. The number of hydrogen-bond donors (Lipinski definition) is 0. The molecule has 23 heavy (non-hydrogen) atoms. The first kappa shape index (κ1) is 15.2. The molecule has 0 aromatic heterocycles. The number of ketones is 1. The number of carbonyl (C=O) groups excluding carboxylic acids is 2. The summed E-state index contributed by atoms with van der Waals surface area (Å²) in [5.74, 6) is -0.247. The highest BCUT2D eigenvalue weighted by Gasteiger charge is 2.53. The molecule has 1 aliphatic rings. The standard InChI is InChI=1S/C20H18O3/c1-23-17(21)13-12-16-18(14-8-4-2-5-9-14)19(16)20(22)15-10-6-3-7-11-15/h2-13,16,18-19H,1H3/b13-12+/t16-,18+,19+/m1/s1. The van der Waals surface area contributed by atoms with Crippen LogP contribution < -0.4 is 0 Å². The van der Waals surface area contributed by atoms with Crippen molar-refractivity contribution in [2.75, 3.05) is 7.11 Å². The molecule has 2 aromatic carbocycles. The molecule has 0 N–H and O–H groups in total. The molecule has 2 aromatic rings. The average Bonchev–Trinajstić information content (AvgIpc) is 3.34. The summed E-state index contributed by atoms with van der Waals surface area (Å²) in [4.78, 5) is 24.1. The van der Waals surface area contributed by atoms with E-state index in [-0.39, 0.29) is 23.5 Å². The van der Waals surface area contributed by atoms with Gasteiger partial charge in [-0.15, -0.1) is 0 Å². The summed E-state index contributed by atoms with van der Waals surface area (Å²) in [5.41, 5.74) is 1.84. The molecule has 3 atom stereocenters. The first-order chi connectivity index (χ1) is 11.2. The zero-order valence-electron chi connectivity index (χ0n) is 12.9. The fourth-order valence-corrected chi connectivity index (χ4v) is 3.07. The molecular formula is C20H18O3. The second-order valence-electron chi connectivity index (χ2n) is 5.65. The van der Waals surface area contributed by atoms with Crippen molar-refractivity contribution >= 4 is 11.8 Å². The summed E-state index contributed by atoms with van der Waals surface area (Å²) in [6.45, 7) is 0. The van der Waals surface area contributed by atoms with Crippen molar-refractivity contribution in [3.05, 3.63) is 83.9 Å². The van der Waals surface area contributed by atoms with Gasteiger partial charge in [-0.05, 0) is 11.5 Å². The van der Waals surface area contributed by atoms with Gasteiger partial charge in [0.2, 0.25) is 0 Å². The molecule has 0 aliphatic heterocycles. The van der Waals surface area contributed by atoms with E-state index >= 15 is 0 Å². The second kappa shape index (κ2) is 6.61. The molecule has 1 aliphatic carbocycles. The Balaban J connectivity index is 1.85. The summed E-state index contributed by atoms with van der Waals surface area (Å²) < 4.78 is 4.64. The molecule has 0 spiro atoms. The number of carbonyl (C=O) groups is 2. The minimum atomic E-state index is -0.394. The lowest BCUT2D eigenvalue weighted by Gasteiger charge is -2.00. The van der Waals surface area contributed by atoms with Crippen LogP contribution in [0.3, 0.4) is 0 Å². The summed E-state index contributed by atoms with van der Waals surface area (Å²) in [5, 5.41) is 0. The highest BCUT2D eigenvalue weighted by Crippen LogP contribution is 2.56. The van der Waals surface area contributed by atoms with Crippen molar-refractivity contribution in [1.29, 1.82) is 0 Å². The lowest BCUT2D eigenvalue weighted by atomic mass is 10.0. The van der Waals surface area contributed by atoms with Gasteiger partial charge in [0.1, 0.15) is 0 Å². The maximum atomic E-state index is 12.8. The Morgan fingerprint density at radius 3 is 2.17 bits per heavy atom. The number of benzene rings is 2. The third-order valence-corrected chi connectivity index (χ3v) is 4.28. The normalized spacial score (nSPS) is 22.7. The molecule has 0 bridgehead atoms. The second-order valence-corrected chi connectivity index (χ2v) is 5.65. The van der Waals surface area contributed by atoms with Gasteiger partial charge in [0.15, 0.2) is 5.78 Å². The maximum absolute atomic E-state index is 12.8. The van der Waals surface area contributed by atoms with Crippen LogP contribution >= 0.6 is 0 Å². The monoisotopic (exact) mass is 306 g/mol. The van der Waals surface area contributed by atoms with Crippen molar-refractivity contribution < 1.29 is 14.3 Å². The number of hydrogen-bond acceptors (Lipinski definition) is 3. The van der Waals surface area contributed by atoms with E-state index in [4.69, 9.17) is 0 Å². The van der Waals surface area contributed by atoms with E-state index in [0.717, 1.165) is 5.56 Å². The Kier molecular flexibility index (Phi) is 4.38. The summed E-state index contributed by atoms with van der Waals surface area (Å²) in [6.07, 6.45) is 3.22. The smallest absolute Gasteiger partial charge is 0.330 e. The van der Waals surface area contributed by atoms with Gasteiger partial charge >= 0.3 is 5.97 Å². The van der Waals surface area contributed by atoms with E-state index in [0.29, 0.717) is 5.56 Å². The summed E-state index contributed by atoms with van der Waals surface area (Å²) in [6, 6.07) is 19.3. The molecule has 3 heteroatoms. The van der Waals surface area contributed by atoms with Gasteiger partial charge in [-0.2, -0.15) is 0 Å². The minimum absolute atomic E-state index is 0.0317. The predicted molar refractivity (Wildman–Crippen MR) is 88.1 cm³/mol.